The molecule has 1 N–H and O–H groups in total. The van der Waals surface area contributed by atoms with Gasteiger partial charge in [0.2, 0.25) is 5.91 Å². The molecule has 2 atom stereocenters. The number of hydrogen-bond acceptors (Lipinski definition) is 5. The Bertz CT molecular complexity index is 857. The summed E-state index contributed by atoms with van der Waals surface area (Å²) in [6, 6.07) is 5.80. The van der Waals surface area contributed by atoms with E-state index in [-0.39, 0.29) is 17.9 Å². The molecule has 27 heavy (non-hydrogen) atoms. The number of thiazole rings is 1. The van der Waals surface area contributed by atoms with Crippen molar-refractivity contribution < 1.29 is 14.0 Å². The number of nitrogens with one attached hydrogen (secondary N) is 1. The lowest BCUT2D eigenvalue weighted by Crippen LogP contribution is -2.33. The molecular formula is C19H21FN4O2S. The van der Waals surface area contributed by atoms with Crippen LogP contribution in [0.4, 0.5) is 9.52 Å². The van der Waals surface area contributed by atoms with Gasteiger partial charge < -0.3 is 9.80 Å². The second kappa shape index (κ2) is 7.36. The largest absolute Gasteiger partial charge is 0.342 e. The number of likely N-dealkylation sites (tertiary alicyclic amines) is 2. The molecule has 3 heterocycles. The van der Waals surface area contributed by atoms with Gasteiger partial charge in [-0.15, -0.1) is 11.3 Å². The van der Waals surface area contributed by atoms with E-state index < -0.39 is 11.7 Å². The molecule has 0 spiro atoms. The van der Waals surface area contributed by atoms with E-state index >= 15 is 0 Å². The van der Waals surface area contributed by atoms with E-state index in [4.69, 9.17) is 0 Å². The molecule has 0 bridgehead atoms. The van der Waals surface area contributed by atoms with Crippen LogP contribution in [0.2, 0.25) is 0 Å². The molecule has 8 heteroatoms. The number of aromatic nitrogens is 1. The monoisotopic (exact) mass is 388 g/mol. The highest BCUT2D eigenvalue weighted by Crippen LogP contribution is 2.30. The molecule has 1 aromatic carbocycles. The molecule has 6 nitrogen and oxygen atoms in total. The van der Waals surface area contributed by atoms with Crippen LogP contribution in [0.3, 0.4) is 0 Å². The van der Waals surface area contributed by atoms with Crippen molar-refractivity contribution >= 4 is 28.3 Å². The van der Waals surface area contributed by atoms with Crippen LogP contribution in [0.5, 0.6) is 0 Å². The standard InChI is InChI=1S/C19H21FN4O2S/c1-23-7-12-9-24(10-13(12)8-23)17(25)6-14-11-27-19(21-14)22-18(26)15-4-2-3-5-16(15)20/h2-5,11-13H,6-10H2,1H3,(H,21,22,26)/t12-,13+. The van der Waals surface area contributed by atoms with E-state index in [1.165, 1.54) is 29.5 Å². The van der Waals surface area contributed by atoms with Crippen molar-refractivity contribution in [1.82, 2.24) is 14.8 Å². The molecule has 142 valence electrons. The maximum absolute atomic E-state index is 13.7. The molecule has 0 unspecified atom stereocenters. The van der Waals surface area contributed by atoms with Crippen LogP contribution in [0.25, 0.3) is 0 Å². The predicted molar refractivity (Wildman–Crippen MR) is 101 cm³/mol. The molecular weight excluding hydrogens is 367 g/mol. The summed E-state index contributed by atoms with van der Waals surface area (Å²) in [5.41, 5.74) is 0.599. The van der Waals surface area contributed by atoms with Crippen LogP contribution < -0.4 is 5.32 Å². The lowest BCUT2D eigenvalue weighted by Gasteiger charge is -2.18. The van der Waals surface area contributed by atoms with Gasteiger partial charge in [0, 0.05) is 31.6 Å². The Hall–Kier alpha value is -2.32. The Labute approximate surface area is 161 Å². The van der Waals surface area contributed by atoms with E-state index in [1.807, 2.05) is 4.90 Å². The third kappa shape index (κ3) is 3.86. The van der Waals surface area contributed by atoms with Crippen LogP contribution in [-0.2, 0) is 11.2 Å². The highest BCUT2D eigenvalue weighted by molar-refractivity contribution is 7.14. The average Bonchev–Trinajstić information content (AvgIpc) is 3.30. The van der Waals surface area contributed by atoms with Crippen LogP contribution >= 0.6 is 11.3 Å². The fourth-order valence-electron chi connectivity index (χ4n) is 3.95. The summed E-state index contributed by atoms with van der Waals surface area (Å²) in [5, 5.41) is 4.73. The summed E-state index contributed by atoms with van der Waals surface area (Å²) in [7, 11) is 2.12. The number of carbonyl (C=O) groups excluding carboxylic acids is 2. The molecule has 2 amide bonds. The minimum Gasteiger partial charge on any atom is -0.342 e. The molecule has 2 fully saturated rings. The quantitative estimate of drug-likeness (QED) is 0.871. The van der Waals surface area contributed by atoms with Crippen molar-refractivity contribution in [2.45, 2.75) is 6.42 Å². The number of halogens is 1. The van der Waals surface area contributed by atoms with Gasteiger partial charge in [0.25, 0.3) is 5.91 Å². The first kappa shape index (κ1) is 18.1. The number of fused-ring (bicyclic) bond motifs is 1. The van der Waals surface area contributed by atoms with Crippen LogP contribution in [-0.4, -0.2) is 59.8 Å². The van der Waals surface area contributed by atoms with Crippen LogP contribution in [0, 0.1) is 17.7 Å². The van der Waals surface area contributed by atoms with Gasteiger partial charge in [0.1, 0.15) is 5.82 Å². The molecule has 2 aromatic rings. The van der Waals surface area contributed by atoms with Gasteiger partial charge in [-0.05, 0) is 31.0 Å². The van der Waals surface area contributed by atoms with Gasteiger partial charge in [-0.2, -0.15) is 0 Å². The van der Waals surface area contributed by atoms with Crippen LogP contribution in [0.1, 0.15) is 16.1 Å². The van der Waals surface area contributed by atoms with E-state index in [0.29, 0.717) is 22.7 Å². The SMILES string of the molecule is CN1C[C@@H]2CN(C(=O)Cc3csc(NC(=O)c4ccccc4F)n3)C[C@@H]2C1. The Morgan fingerprint density at radius 1 is 1.22 bits per heavy atom. The zero-order valence-electron chi connectivity index (χ0n) is 15.0. The molecule has 2 saturated heterocycles. The van der Waals surface area contributed by atoms with Crippen molar-refractivity contribution in [3.05, 3.63) is 46.7 Å². The molecule has 4 rings (SSSR count). The molecule has 2 aliphatic rings. The Morgan fingerprint density at radius 2 is 1.93 bits per heavy atom. The third-order valence-corrected chi connectivity index (χ3v) is 6.05. The smallest absolute Gasteiger partial charge is 0.260 e. The Morgan fingerprint density at radius 3 is 2.63 bits per heavy atom. The minimum absolute atomic E-state index is 0.0288. The highest BCUT2D eigenvalue weighted by Gasteiger charge is 2.40. The Balaban J connectivity index is 1.34. The summed E-state index contributed by atoms with van der Waals surface area (Å²) in [4.78, 5) is 33.3. The number of amides is 2. The third-order valence-electron chi connectivity index (χ3n) is 5.24. The topological polar surface area (TPSA) is 65.5 Å². The summed E-state index contributed by atoms with van der Waals surface area (Å²) in [6.07, 6.45) is 0.224. The molecule has 1 aromatic heterocycles. The minimum atomic E-state index is -0.577. The second-order valence-corrected chi connectivity index (χ2v) is 8.15. The first-order chi connectivity index (χ1) is 13.0. The summed E-state index contributed by atoms with van der Waals surface area (Å²) < 4.78 is 13.7. The van der Waals surface area contributed by atoms with Gasteiger partial charge in [-0.25, -0.2) is 9.37 Å². The maximum Gasteiger partial charge on any atom is 0.260 e. The average molecular weight is 388 g/mol. The van der Waals surface area contributed by atoms with E-state index in [9.17, 15) is 14.0 Å². The fourth-order valence-corrected chi connectivity index (χ4v) is 4.66. The van der Waals surface area contributed by atoms with E-state index in [0.717, 1.165) is 26.2 Å². The van der Waals surface area contributed by atoms with Gasteiger partial charge in [0.15, 0.2) is 5.13 Å². The highest BCUT2D eigenvalue weighted by atomic mass is 32.1. The van der Waals surface area contributed by atoms with Crippen molar-refractivity contribution in [2.24, 2.45) is 11.8 Å². The Kier molecular flexibility index (Phi) is 4.92. The molecule has 0 aliphatic carbocycles. The van der Waals surface area contributed by atoms with Gasteiger partial charge >= 0.3 is 0 Å². The van der Waals surface area contributed by atoms with Gasteiger partial charge in [-0.1, -0.05) is 12.1 Å². The zero-order chi connectivity index (χ0) is 19.0. The number of benzene rings is 1. The van der Waals surface area contributed by atoms with E-state index in [1.54, 1.807) is 11.4 Å². The summed E-state index contributed by atoms with van der Waals surface area (Å²) in [5.74, 6) is 0.100. The predicted octanol–water partition coefficient (Wildman–Crippen LogP) is 2.10. The number of rotatable bonds is 4. The van der Waals surface area contributed by atoms with Crippen molar-refractivity contribution in [2.75, 3.05) is 38.5 Å². The van der Waals surface area contributed by atoms with Gasteiger partial charge in [-0.3, -0.25) is 14.9 Å². The van der Waals surface area contributed by atoms with Gasteiger partial charge in [0.05, 0.1) is 17.7 Å². The van der Waals surface area contributed by atoms with E-state index in [2.05, 4.69) is 22.2 Å². The number of carbonyl (C=O) groups is 2. The number of nitrogens with zero attached hydrogens (tertiary/aromatic N) is 3. The summed E-state index contributed by atoms with van der Waals surface area (Å²) >= 11 is 1.24. The lowest BCUT2D eigenvalue weighted by atomic mass is 10.0. The molecule has 0 radical (unpaired) electrons. The fraction of sp³-hybridized carbons (Fsp3) is 0.421. The first-order valence-electron chi connectivity index (χ1n) is 8.96. The zero-order valence-corrected chi connectivity index (χ0v) is 15.8. The summed E-state index contributed by atoms with van der Waals surface area (Å²) in [6.45, 7) is 3.73. The lowest BCUT2D eigenvalue weighted by molar-refractivity contribution is -0.129. The number of anilines is 1. The molecule has 0 saturated carbocycles. The van der Waals surface area contributed by atoms with Crippen molar-refractivity contribution in [3.8, 4) is 0 Å². The van der Waals surface area contributed by atoms with Crippen molar-refractivity contribution in [3.63, 3.8) is 0 Å². The molecule has 2 aliphatic heterocycles. The maximum atomic E-state index is 13.7. The normalized spacial score (nSPS) is 22.1. The van der Waals surface area contributed by atoms with Crippen LogP contribution in [0.15, 0.2) is 29.6 Å². The van der Waals surface area contributed by atoms with Crippen molar-refractivity contribution in [1.29, 1.82) is 0 Å². The first-order valence-corrected chi connectivity index (χ1v) is 9.84. The number of hydrogen-bond donors (Lipinski definition) is 1. The second-order valence-electron chi connectivity index (χ2n) is 7.29.